The van der Waals surface area contributed by atoms with Crippen LogP contribution in [0.25, 0.3) is 0 Å². The quantitative estimate of drug-likeness (QED) is 0.825. The molecule has 1 aromatic rings. The molecule has 0 aromatic carbocycles. The van der Waals surface area contributed by atoms with E-state index in [-0.39, 0.29) is 0 Å². The van der Waals surface area contributed by atoms with Gasteiger partial charge in [-0.15, -0.1) is 0 Å². The van der Waals surface area contributed by atoms with Gasteiger partial charge in [-0.1, -0.05) is 6.92 Å². The molecular formula is C14H23NO2. The van der Waals surface area contributed by atoms with Crippen LogP contribution in [0.4, 0.5) is 0 Å². The van der Waals surface area contributed by atoms with Gasteiger partial charge in [-0.3, -0.25) is 0 Å². The highest BCUT2D eigenvalue weighted by Gasteiger charge is 2.21. The maximum atomic E-state index is 5.54. The zero-order valence-corrected chi connectivity index (χ0v) is 10.7. The van der Waals surface area contributed by atoms with Gasteiger partial charge in [0.25, 0.3) is 0 Å². The SMILES string of the molecule is CCCNC(CC1CCOCC1)c1ccco1. The fraction of sp³-hybridized carbons (Fsp3) is 0.714. The Kier molecular flexibility index (Phi) is 5.08. The van der Waals surface area contributed by atoms with Crippen LogP contribution in [0.2, 0.25) is 0 Å². The highest BCUT2D eigenvalue weighted by Crippen LogP contribution is 2.27. The first-order valence-electron chi connectivity index (χ1n) is 6.74. The number of rotatable bonds is 6. The van der Waals surface area contributed by atoms with Crippen molar-refractivity contribution in [3.05, 3.63) is 24.2 Å². The molecule has 0 saturated carbocycles. The summed E-state index contributed by atoms with van der Waals surface area (Å²) in [6, 6.07) is 4.42. The molecule has 1 aliphatic rings. The standard InChI is InChI=1S/C14H23NO2/c1-2-7-15-13(14-4-3-8-17-14)11-12-5-9-16-10-6-12/h3-4,8,12-13,15H,2,5-7,9-11H2,1H3. The fourth-order valence-corrected chi connectivity index (χ4v) is 2.42. The van der Waals surface area contributed by atoms with Crippen LogP contribution in [-0.2, 0) is 4.74 Å². The van der Waals surface area contributed by atoms with Crippen LogP contribution in [-0.4, -0.2) is 19.8 Å². The highest BCUT2D eigenvalue weighted by molar-refractivity contribution is 5.04. The normalized spacial score (nSPS) is 19.4. The first-order chi connectivity index (χ1) is 8.40. The molecule has 0 spiro atoms. The third-order valence-corrected chi connectivity index (χ3v) is 3.44. The summed E-state index contributed by atoms with van der Waals surface area (Å²) < 4.78 is 10.9. The van der Waals surface area contributed by atoms with Crippen molar-refractivity contribution in [1.82, 2.24) is 5.32 Å². The second-order valence-electron chi connectivity index (χ2n) is 4.81. The molecule has 2 heterocycles. The van der Waals surface area contributed by atoms with Crippen LogP contribution in [0.1, 0.15) is 44.4 Å². The van der Waals surface area contributed by atoms with Crippen molar-refractivity contribution in [1.29, 1.82) is 0 Å². The highest BCUT2D eigenvalue weighted by atomic mass is 16.5. The number of nitrogens with one attached hydrogen (secondary N) is 1. The Morgan fingerprint density at radius 1 is 1.41 bits per heavy atom. The van der Waals surface area contributed by atoms with E-state index >= 15 is 0 Å². The maximum Gasteiger partial charge on any atom is 0.120 e. The zero-order chi connectivity index (χ0) is 11.9. The lowest BCUT2D eigenvalue weighted by molar-refractivity contribution is 0.0596. The van der Waals surface area contributed by atoms with E-state index in [1.54, 1.807) is 6.26 Å². The summed E-state index contributed by atoms with van der Waals surface area (Å²) in [7, 11) is 0. The van der Waals surface area contributed by atoms with Crippen molar-refractivity contribution in [3.63, 3.8) is 0 Å². The van der Waals surface area contributed by atoms with Crippen LogP contribution in [0, 0.1) is 5.92 Å². The lowest BCUT2D eigenvalue weighted by Gasteiger charge is -2.26. The van der Waals surface area contributed by atoms with Crippen LogP contribution in [0.5, 0.6) is 0 Å². The molecule has 1 saturated heterocycles. The van der Waals surface area contributed by atoms with Gasteiger partial charge in [-0.25, -0.2) is 0 Å². The molecule has 1 N–H and O–H groups in total. The minimum atomic E-state index is 0.369. The summed E-state index contributed by atoms with van der Waals surface area (Å²) in [5.74, 6) is 1.84. The van der Waals surface area contributed by atoms with E-state index in [9.17, 15) is 0 Å². The second kappa shape index (κ2) is 6.82. The Bertz CT molecular complexity index is 291. The smallest absolute Gasteiger partial charge is 0.120 e. The third-order valence-electron chi connectivity index (χ3n) is 3.44. The molecule has 1 atom stereocenters. The zero-order valence-electron chi connectivity index (χ0n) is 10.7. The minimum absolute atomic E-state index is 0.369. The predicted octanol–water partition coefficient (Wildman–Crippen LogP) is 3.14. The maximum absolute atomic E-state index is 5.54. The van der Waals surface area contributed by atoms with Crippen molar-refractivity contribution >= 4 is 0 Å². The van der Waals surface area contributed by atoms with Crippen LogP contribution >= 0.6 is 0 Å². The first kappa shape index (κ1) is 12.7. The lowest BCUT2D eigenvalue weighted by atomic mass is 9.91. The molecular weight excluding hydrogens is 214 g/mol. The first-order valence-corrected chi connectivity index (χ1v) is 6.74. The molecule has 96 valence electrons. The third kappa shape index (κ3) is 3.86. The Morgan fingerprint density at radius 2 is 2.24 bits per heavy atom. The van der Waals surface area contributed by atoms with Crippen molar-refractivity contribution < 1.29 is 9.15 Å². The number of hydrogen-bond acceptors (Lipinski definition) is 3. The molecule has 0 aliphatic carbocycles. The summed E-state index contributed by atoms with van der Waals surface area (Å²) in [5.41, 5.74) is 0. The summed E-state index contributed by atoms with van der Waals surface area (Å²) >= 11 is 0. The minimum Gasteiger partial charge on any atom is -0.468 e. The van der Waals surface area contributed by atoms with Gasteiger partial charge in [-0.2, -0.15) is 0 Å². The second-order valence-corrected chi connectivity index (χ2v) is 4.81. The molecule has 1 fully saturated rings. The Morgan fingerprint density at radius 3 is 2.88 bits per heavy atom. The Hall–Kier alpha value is -0.800. The van der Waals surface area contributed by atoms with Gasteiger partial charge in [0.2, 0.25) is 0 Å². The molecule has 0 bridgehead atoms. The van der Waals surface area contributed by atoms with E-state index in [0.717, 1.165) is 44.3 Å². The molecule has 3 heteroatoms. The largest absolute Gasteiger partial charge is 0.468 e. The number of ether oxygens (including phenoxy) is 1. The average molecular weight is 237 g/mol. The van der Waals surface area contributed by atoms with Gasteiger partial charge in [0.1, 0.15) is 5.76 Å². The van der Waals surface area contributed by atoms with Crippen molar-refractivity contribution in [3.8, 4) is 0 Å². The molecule has 17 heavy (non-hydrogen) atoms. The molecule has 0 radical (unpaired) electrons. The number of furan rings is 1. The van der Waals surface area contributed by atoms with Crippen molar-refractivity contribution in [2.75, 3.05) is 19.8 Å². The molecule has 0 amide bonds. The van der Waals surface area contributed by atoms with E-state index in [4.69, 9.17) is 9.15 Å². The molecule has 1 aliphatic heterocycles. The lowest BCUT2D eigenvalue weighted by Crippen LogP contribution is -2.26. The molecule has 3 nitrogen and oxygen atoms in total. The van der Waals surface area contributed by atoms with Crippen LogP contribution in [0.15, 0.2) is 22.8 Å². The van der Waals surface area contributed by atoms with Crippen molar-refractivity contribution in [2.45, 2.75) is 38.6 Å². The molecule has 2 rings (SSSR count). The van der Waals surface area contributed by atoms with Gasteiger partial charge in [-0.05, 0) is 50.3 Å². The predicted molar refractivity (Wildman–Crippen MR) is 67.9 cm³/mol. The molecule has 1 aromatic heterocycles. The van der Waals surface area contributed by atoms with E-state index in [2.05, 4.69) is 18.3 Å². The van der Waals surface area contributed by atoms with E-state index in [1.807, 2.05) is 6.07 Å². The monoisotopic (exact) mass is 237 g/mol. The summed E-state index contributed by atoms with van der Waals surface area (Å²) in [5, 5.41) is 3.58. The van der Waals surface area contributed by atoms with E-state index < -0.39 is 0 Å². The van der Waals surface area contributed by atoms with E-state index in [0.29, 0.717) is 6.04 Å². The van der Waals surface area contributed by atoms with Crippen LogP contribution in [0.3, 0.4) is 0 Å². The molecule has 1 unspecified atom stereocenters. The van der Waals surface area contributed by atoms with Gasteiger partial charge in [0.15, 0.2) is 0 Å². The number of hydrogen-bond donors (Lipinski definition) is 1. The average Bonchev–Trinajstić information content (AvgIpc) is 2.89. The topological polar surface area (TPSA) is 34.4 Å². The van der Waals surface area contributed by atoms with E-state index in [1.165, 1.54) is 12.8 Å². The van der Waals surface area contributed by atoms with Crippen LogP contribution < -0.4 is 5.32 Å². The Balaban J connectivity index is 1.90. The summed E-state index contributed by atoms with van der Waals surface area (Å²) in [6.07, 6.45) is 6.46. The summed E-state index contributed by atoms with van der Waals surface area (Å²) in [6.45, 7) is 5.09. The van der Waals surface area contributed by atoms with Gasteiger partial charge in [0.05, 0.1) is 12.3 Å². The van der Waals surface area contributed by atoms with Crippen molar-refractivity contribution in [2.24, 2.45) is 5.92 Å². The fourth-order valence-electron chi connectivity index (χ4n) is 2.42. The van der Waals surface area contributed by atoms with Gasteiger partial charge in [0, 0.05) is 13.2 Å². The van der Waals surface area contributed by atoms with Gasteiger partial charge < -0.3 is 14.5 Å². The Labute approximate surface area is 104 Å². The van der Waals surface area contributed by atoms with Gasteiger partial charge >= 0.3 is 0 Å². The summed E-state index contributed by atoms with van der Waals surface area (Å²) in [4.78, 5) is 0.